The standard InChI is InChI=1S/2C33H35N3O3/c2*1-22(37)36-29-19-11-9-17-26(29)31-27(30(36)23-12-4-2-5-13-23)20-21-35(31)33(39)25-16-8-10-18-28(25)34-32(38)24-14-6-3-7-15-24/h2*2-7,9,11-15,17,19,25,27-28,30-31H,8,10,16,18,20-21H2,1H3,(H,34,38)/t25-,27+,28+,30-,31-;25-,27-,28+,30+,31+/m00/s1. The highest BCUT2D eigenvalue weighted by molar-refractivity contribution is 5.97. The van der Waals surface area contributed by atoms with Gasteiger partial charge >= 0.3 is 0 Å². The fraction of sp³-hybridized carbons (Fsp3) is 0.364. The smallest absolute Gasteiger partial charge is 0.251 e. The molecular weight excluding hydrogens is 973 g/mol. The van der Waals surface area contributed by atoms with Gasteiger partial charge in [-0.2, -0.15) is 0 Å². The Morgan fingerprint density at radius 2 is 0.718 bits per heavy atom. The molecule has 4 fully saturated rings. The molecule has 12 rings (SSSR count). The predicted molar refractivity (Wildman–Crippen MR) is 302 cm³/mol. The lowest BCUT2D eigenvalue weighted by Gasteiger charge is -2.46. The maximum absolute atomic E-state index is 14.3. The van der Waals surface area contributed by atoms with Gasteiger partial charge in [-0.05, 0) is 97.2 Å². The fourth-order valence-corrected chi connectivity index (χ4v) is 14.3. The molecule has 2 saturated carbocycles. The summed E-state index contributed by atoms with van der Waals surface area (Å²) in [5.41, 5.74) is 7.27. The third kappa shape index (κ3) is 10.1. The van der Waals surface area contributed by atoms with Crippen molar-refractivity contribution in [3.8, 4) is 0 Å². The molecule has 6 aromatic rings. The number of benzene rings is 6. The van der Waals surface area contributed by atoms with E-state index in [0.717, 1.165) is 97.8 Å². The lowest BCUT2D eigenvalue weighted by Crippen LogP contribution is -2.51. The van der Waals surface area contributed by atoms with Crippen molar-refractivity contribution in [1.29, 1.82) is 0 Å². The molecule has 0 bridgehead atoms. The van der Waals surface area contributed by atoms with Crippen molar-refractivity contribution >= 4 is 46.8 Å². The Morgan fingerprint density at radius 1 is 0.385 bits per heavy atom. The lowest BCUT2D eigenvalue weighted by molar-refractivity contribution is -0.139. The number of likely N-dealkylation sites (tertiary alicyclic amines) is 2. The van der Waals surface area contributed by atoms with Crippen molar-refractivity contribution < 1.29 is 28.8 Å². The number of hydrogen-bond donors (Lipinski definition) is 2. The van der Waals surface area contributed by atoms with Crippen LogP contribution >= 0.6 is 0 Å². The van der Waals surface area contributed by atoms with Gasteiger partial charge in [0.1, 0.15) is 0 Å². The number of carbonyl (C=O) groups excluding carboxylic acids is 6. The van der Waals surface area contributed by atoms with Crippen LogP contribution < -0.4 is 20.4 Å². The lowest BCUT2D eigenvalue weighted by atomic mass is 9.78. The SMILES string of the molecule is CC(=O)N1c2ccccc2[C@@H]2[C@@H](CCN2C(=O)[C@H]2CCCC[C@H]2NC(=O)c2ccccc2)[C@H]1c1ccccc1.CC(=O)N1c2ccccc2[C@H]2[C@H](CCN2C(=O)[C@H]2CCCC[C@H]2NC(=O)c2ccccc2)[C@@H]1c1ccccc1. The zero-order valence-electron chi connectivity index (χ0n) is 44.7. The molecule has 2 aliphatic carbocycles. The van der Waals surface area contributed by atoms with Crippen LogP contribution in [0.25, 0.3) is 0 Å². The molecule has 2 N–H and O–H groups in total. The van der Waals surface area contributed by atoms with Crippen molar-refractivity contribution in [3.63, 3.8) is 0 Å². The Balaban J connectivity index is 0.000000165. The first-order valence-electron chi connectivity index (χ1n) is 28.3. The average Bonchev–Trinajstić information content (AvgIpc) is 4.25. The van der Waals surface area contributed by atoms with Gasteiger partial charge in [0.15, 0.2) is 0 Å². The van der Waals surface area contributed by atoms with E-state index in [2.05, 4.69) is 56.8 Å². The van der Waals surface area contributed by atoms with Gasteiger partial charge in [0.2, 0.25) is 23.6 Å². The third-order valence-electron chi connectivity index (χ3n) is 17.7. The van der Waals surface area contributed by atoms with E-state index >= 15 is 0 Å². The average molecular weight is 1040 g/mol. The van der Waals surface area contributed by atoms with E-state index < -0.39 is 0 Å². The second kappa shape index (κ2) is 23.0. The molecule has 0 spiro atoms. The van der Waals surface area contributed by atoms with E-state index in [4.69, 9.17) is 0 Å². The number of fused-ring (bicyclic) bond motifs is 6. The molecule has 2 saturated heterocycles. The minimum Gasteiger partial charge on any atom is -0.349 e. The minimum atomic E-state index is -0.252. The van der Waals surface area contributed by atoms with Crippen LogP contribution in [-0.2, 0) is 19.2 Å². The van der Waals surface area contributed by atoms with E-state index in [1.807, 2.05) is 143 Å². The first-order valence-corrected chi connectivity index (χ1v) is 28.3. The van der Waals surface area contributed by atoms with Crippen molar-refractivity contribution in [2.24, 2.45) is 23.7 Å². The highest BCUT2D eigenvalue weighted by Crippen LogP contribution is 2.56. The van der Waals surface area contributed by atoms with E-state index in [1.165, 1.54) is 0 Å². The molecule has 0 unspecified atom stereocenters. The van der Waals surface area contributed by atoms with Crippen molar-refractivity contribution in [1.82, 2.24) is 20.4 Å². The van der Waals surface area contributed by atoms with Crippen LogP contribution in [0.15, 0.2) is 170 Å². The van der Waals surface area contributed by atoms with Gasteiger partial charge < -0.3 is 30.2 Å². The fourth-order valence-electron chi connectivity index (χ4n) is 14.3. The second-order valence-electron chi connectivity index (χ2n) is 22.1. The number of nitrogens with one attached hydrogen (secondary N) is 2. The Bertz CT molecular complexity index is 2930. The number of anilines is 2. The van der Waals surface area contributed by atoms with Gasteiger partial charge in [-0.3, -0.25) is 28.8 Å². The van der Waals surface area contributed by atoms with Crippen LogP contribution in [0.3, 0.4) is 0 Å². The van der Waals surface area contributed by atoms with Gasteiger partial charge in [0.05, 0.1) is 36.0 Å². The Labute approximate surface area is 458 Å². The molecule has 400 valence electrons. The summed E-state index contributed by atoms with van der Waals surface area (Å²) in [6.45, 7) is 4.56. The highest BCUT2D eigenvalue weighted by Gasteiger charge is 2.53. The van der Waals surface area contributed by atoms with Gasteiger partial charge in [0, 0.05) is 73.4 Å². The van der Waals surface area contributed by atoms with Crippen LogP contribution in [0.2, 0.25) is 0 Å². The maximum Gasteiger partial charge on any atom is 0.251 e. The van der Waals surface area contributed by atoms with Gasteiger partial charge in [-0.25, -0.2) is 0 Å². The van der Waals surface area contributed by atoms with Gasteiger partial charge in [-0.1, -0.05) is 159 Å². The summed E-state index contributed by atoms with van der Waals surface area (Å²) < 4.78 is 0. The molecule has 6 aromatic carbocycles. The van der Waals surface area contributed by atoms with Gasteiger partial charge in [-0.15, -0.1) is 0 Å². The second-order valence-corrected chi connectivity index (χ2v) is 22.1. The summed E-state index contributed by atoms with van der Waals surface area (Å²) in [5.74, 6) is -0.292. The summed E-state index contributed by atoms with van der Waals surface area (Å²) in [5, 5.41) is 6.40. The number of para-hydroxylation sites is 2. The predicted octanol–water partition coefficient (Wildman–Crippen LogP) is 11.3. The molecule has 4 aliphatic heterocycles. The summed E-state index contributed by atoms with van der Waals surface area (Å²) in [6, 6.07) is 54.1. The topological polar surface area (TPSA) is 139 Å². The summed E-state index contributed by atoms with van der Waals surface area (Å²) >= 11 is 0. The van der Waals surface area contributed by atoms with E-state index in [0.29, 0.717) is 24.2 Å². The van der Waals surface area contributed by atoms with Gasteiger partial charge in [0.25, 0.3) is 11.8 Å². The van der Waals surface area contributed by atoms with Crippen LogP contribution in [0.1, 0.15) is 145 Å². The van der Waals surface area contributed by atoms with Crippen LogP contribution in [0, 0.1) is 23.7 Å². The molecule has 10 atom stereocenters. The Kier molecular flexibility index (Phi) is 15.4. The molecular formula is C66H70N6O6. The maximum atomic E-state index is 14.3. The number of hydrogen-bond acceptors (Lipinski definition) is 6. The van der Waals surface area contributed by atoms with E-state index in [-0.39, 0.29) is 95.4 Å². The largest absolute Gasteiger partial charge is 0.349 e. The van der Waals surface area contributed by atoms with Crippen LogP contribution in [-0.4, -0.2) is 70.4 Å². The molecule has 0 radical (unpaired) electrons. The summed E-state index contributed by atoms with van der Waals surface area (Å²) in [7, 11) is 0. The quantitative estimate of drug-likeness (QED) is 0.156. The first-order chi connectivity index (χ1) is 38.1. The molecule has 12 nitrogen and oxygen atoms in total. The van der Waals surface area contributed by atoms with Crippen molar-refractivity contribution in [2.75, 3.05) is 22.9 Å². The molecule has 6 amide bonds. The third-order valence-corrected chi connectivity index (χ3v) is 17.7. The molecule has 12 heteroatoms. The zero-order chi connectivity index (χ0) is 53.9. The van der Waals surface area contributed by atoms with Crippen molar-refractivity contribution in [3.05, 3.63) is 203 Å². The Morgan fingerprint density at radius 3 is 1.09 bits per heavy atom. The Hall–Kier alpha value is -7.86. The highest BCUT2D eigenvalue weighted by atomic mass is 16.2. The first kappa shape index (κ1) is 52.2. The van der Waals surface area contributed by atoms with E-state index in [9.17, 15) is 28.8 Å². The normalized spacial score (nSPS) is 25.9. The minimum absolute atomic E-state index is 0.00972. The number of nitrogens with zero attached hydrogens (tertiary/aromatic N) is 4. The summed E-state index contributed by atoms with van der Waals surface area (Å²) in [4.78, 5) is 88.9. The monoisotopic (exact) mass is 1040 g/mol. The van der Waals surface area contributed by atoms with Crippen LogP contribution in [0.5, 0.6) is 0 Å². The number of rotatable bonds is 8. The van der Waals surface area contributed by atoms with Crippen molar-refractivity contribution in [2.45, 2.75) is 114 Å². The molecule has 78 heavy (non-hydrogen) atoms. The molecule has 4 heterocycles. The zero-order valence-corrected chi connectivity index (χ0v) is 44.7. The molecule has 0 aromatic heterocycles. The van der Waals surface area contributed by atoms with E-state index in [1.54, 1.807) is 13.8 Å². The molecule has 6 aliphatic rings. The summed E-state index contributed by atoms with van der Waals surface area (Å²) in [6.07, 6.45) is 8.77. The van der Waals surface area contributed by atoms with Crippen LogP contribution in [0.4, 0.5) is 11.4 Å². The number of carbonyl (C=O) groups is 6. The number of amides is 6.